The van der Waals surface area contributed by atoms with Gasteiger partial charge in [0.25, 0.3) is 5.91 Å². The molecule has 0 saturated carbocycles. The van der Waals surface area contributed by atoms with Crippen LogP contribution in [0, 0.1) is 0 Å². The molecule has 0 radical (unpaired) electrons. The molecule has 0 aliphatic heterocycles. The molecule has 26 heavy (non-hydrogen) atoms. The van der Waals surface area contributed by atoms with Gasteiger partial charge in [-0.1, -0.05) is 12.1 Å². The summed E-state index contributed by atoms with van der Waals surface area (Å²) in [5.74, 6) is 1.27. The standard InChI is InChI=1S/C19H22N2O5/c1-20-19(23)12-26-15-6-4-5-14(11-15)21-18(22)10-13-7-8-16(24-2)17(9-13)25-3/h4-9,11H,10,12H2,1-3H3,(H,20,23)(H,21,22). The van der Waals surface area contributed by atoms with Gasteiger partial charge >= 0.3 is 0 Å². The Morgan fingerprint density at radius 3 is 2.42 bits per heavy atom. The fourth-order valence-corrected chi connectivity index (χ4v) is 2.27. The number of rotatable bonds is 8. The largest absolute Gasteiger partial charge is 0.493 e. The van der Waals surface area contributed by atoms with Crippen LogP contribution in [-0.2, 0) is 16.0 Å². The molecule has 0 fully saturated rings. The lowest BCUT2D eigenvalue weighted by Crippen LogP contribution is -2.24. The molecular formula is C19H22N2O5. The number of ether oxygens (including phenoxy) is 3. The number of likely N-dealkylation sites (N-methyl/N-ethyl adjacent to an activating group) is 1. The van der Waals surface area contributed by atoms with Gasteiger partial charge in [0.05, 0.1) is 20.6 Å². The number of nitrogens with one attached hydrogen (secondary N) is 2. The van der Waals surface area contributed by atoms with Crippen LogP contribution >= 0.6 is 0 Å². The highest BCUT2D eigenvalue weighted by molar-refractivity contribution is 5.92. The molecule has 2 N–H and O–H groups in total. The summed E-state index contributed by atoms with van der Waals surface area (Å²) in [6.07, 6.45) is 0.184. The van der Waals surface area contributed by atoms with E-state index in [1.807, 2.05) is 6.07 Å². The number of hydrogen-bond acceptors (Lipinski definition) is 5. The number of amides is 2. The molecule has 0 heterocycles. The van der Waals surface area contributed by atoms with Gasteiger partial charge in [-0.2, -0.15) is 0 Å². The fraction of sp³-hybridized carbons (Fsp3) is 0.263. The van der Waals surface area contributed by atoms with E-state index in [1.54, 1.807) is 50.6 Å². The third-order valence-corrected chi connectivity index (χ3v) is 3.58. The minimum atomic E-state index is -0.229. The Bertz CT molecular complexity index is 776. The topological polar surface area (TPSA) is 85.9 Å². The van der Waals surface area contributed by atoms with Crippen molar-refractivity contribution in [2.45, 2.75) is 6.42 Å². The van der Waals surface area contributed by atoms with Gasteiger partial charge in [0.15, 0.2) is 18.1 Å². The average molecular weight is 358 g/mol. The summed E-state index contributed by atoms with van der Waals surface area (Å²) in [4.78, 5) is 23.5. The Hall–Kier alpha value is -3.22. The van der Waals surface area contributed by atoms with Gasteiger partial charge in [0.1, 0.15) is 5.75 Å². The molecule has 2 rings (SSSR count). The zero-order chi connectivity index (χ0) is 18.9. The van der Waals surface area contributed by atoms with Gasteiger partial charge in [0.2, 0.25) is 5.91 Å². The molecule has 0 aliphatic carbocycles. The first kappa shape index (κ1) is 19.1. The molecule has 2 amide bonds. The Morgan fingerprint density at radius 2 is 1.73 bits per heavy atom. The molecule has 0 aromatic heterocycles. The molecule has 0 spiro atoms. The summed E-state index contributed by atoms with van der Waals surface area (Å²) in [5.41, 5.74) is 1.39. The quantitative estimate of drug-likeness (QED) is 0.754. The highest BCUT2D eigenvalue weighted by Crippen LogP contribution is 2.27. The maximum atomic E-state index is 12.3. The molecule has 0 unspecified atom stereocenters. The van der Waals surface area contributed by atoms with Gasteiger partial charge in [0, 0.05) is 18.8 Å². The van der Waals surface area contributed by atoms with Crippen molar-refractivity contribution < 1.29 is 23.8 Å². The van der Waals surface area contributed by atoms with Crippen LogP contribution in [0.5, 0.6) is 17.2 Å². The Labute approximate surface area is 152 Å². The minimum Gasteiger partial charge on any atom is -0.493 e. The molecule has 7 heteroatoms. The molecule has 2 aromatic rings. The summed E-state index contributed by atoms with van der Waals surface area (Å²) in [7, 11) is 4.64. The van der Waals surface area contributed by atoms with Crippen LogP contribution in [0.15, 0.2) is 42.5 Å². The molecule has 2 aromatic carbocycles. The van der Waals surface area contributed by atoms with Gasteiger partial charge < -0.3 is 24.8 Å². The van der Waals surface area contributed by atoms with Crippen molar-refractivity contribution in [3.8, 4) is 17.2 Å². The van der Waals surface area contributed by atoms with Crippen molar-refractivity contribution in [1.82, 2.24) is 5.32 Å². The molecule has 0 atom stereocenters. The van der Waals surface area contributed by atoms with Crippen LogP contribution in [0.4, 0.5) is 5.69 Å². The Morgan fingerprint density at radius 1 is 0.962 bits per heavy atom. The van der Waals surface area contributed by atoms with Gasteiger partial charge in [-0.15, -0.1) is 0 Å². The fourth-order valence-electron chi connectivity index (χ4n) is 2.27. The first-order valence-electron chi connectivity index (χ1n) is 8.00. The highest BCUT2D eigenvalue weighted by atomic mass is 16.5. The minimum absolute atomic E-state index is 0.0838. The van der Waals surface area contributed by atoms with E-state index >= 15 is 0 Å². The van der Waals surface area contributed by atoms with E-state index in [1.165, 1.54) is 7.05 Å². The van der Waals surface area contributed by atoms with Gasteiger partial charge in [-0.05, 0) is 29.8 Å². The van der Waals surface area contributed by atoms with Crippen molar-refractivity contribution >= 4 is 17.5 Å². The average Bonchev–Trinajstić information content (AvgIpc) is 2.66. The highest BCUT2D eigenvalue weighted by Gasteiger charge is 2.09. The third-order valence-electron chi connectivity index (χ3n) is 3.58. The zero-order valence-electron chi connectivity index (χ0n) is 15.0. The Kier molecular flexibility index (Phi) is 6.84. The van der Waals surface area contributed by atoms with E-state index in [0.717, 1.165) is 5.56 Å². The lowest BCUT2D eigenvalue weighted by molar-refractivity contribution is -0.122. The second-order valence-electron chi connectivity index (χ2n) is 5.40. The Balaban J connectivity index is 1.98. The van der Waals surface area contributed by atoms with Crippen LogP contribution in [-0.4, -0.2) is 39.7 Å². The van der Waals surface area contributed by atoms with E-state index < -0.39 is 0 Å². The van der Waals surface area contributed by atoms with Crippen LogP contribution in [0.1, 0.15) is 5.56 Å². The molecule has 7 nitrogen and oxygen atoms in total. The van der Waals surface area contributed by atoms with Crippen LogP contribution in [0.25, 0.3) is 0 Å². The summed E-state index contributed by atoms with van der Waals surface area (Å²) < 4.78 is 15.8. The van der Waals surface area contributed by atoms with Crippen molar-refractivity contribution in [2.24, 2.45) is 0 Å². The van der Waals surface area contributed by atoms with E-state index in [0.29, 0.717) is 22.9 Å². The second-order valence-corrected chi connectivity index (χ2v) is 5.40. The molecule has 138 valence electrons. The first-order valence-corrected chi connectivity index (χ1v) is 8.00. The smallest absolute Gasteiger partial charge is 0.257 e. The normalized spacial score (nSPS) is 9.96. The second kappa shape index (κ2) is 9.31. The van der Waals surface area contributed by atoms with Crippen molar-refractivity contribution in [3.63, 3.8) is 0 Å². The van der Waals surface area contributed by atoms with E-state index in [9.17, 15) is 9.59 Å². The summed E-state index contributed by atoms with van der Waals surface area (Å²) >= 11 is 0. The monoisotopic (exact) mass is 358 g/mol. The van der Waals surface area contributed by atoms with Crippen molar-refractivity contribution in [3.05, 3.63) is 48.0 Å². The summed E-state index contributed by atoms with van der Waals surface area (Å²) in [6, 6.07) is 12.2. The number of carbonyl (C=O) groups excluding carboxylic acids is 2. The van der Waals surface area contributed by atoms with E-state index in [-0.39, 0.29) is 24.8 Å². The van der Waals surface area contributed by atoms with Crippen molar-refractivity contribution in [2.75, 3.05) is 33.2 Å². The maximum Gasteiger partial charge on any atom is 0.257 e. The number of benzene rings is 2. The number of carbonyl (C=O) groups is 2. The first-order chi connectivity index (χ1) is 12.5. The van der Waals surface area contributed by atoms with E-state index in [2.05, 4.69) is 10.6 Å². The maximum absolute atomic E-state index is 12.3. The molecule has 0 bridgehead atoms. The SMILES string of the molecule is CNC(=O)COc1cccc(NC(=O)Cc2ccc(OC)c(OC)c2)c1. The lowest BCUT2D eigenvalue weighted by Gasteiger charge is -2.11. The van der Waals surface area contributed by atoms with E-state index in [4.69, 9.17) is 14.2 Å². The third kappa shape index (κ3) is 5.41. The van der Waals surface area contributed by atoms with Crippen LogP contribution in [0.3, 0.4) is 0 Å². The predicted octanol–water partition coefficient (Wildman–Crippen LogP) is 2.01. The molecule has 0 aliphatic rings. The van der Waals surface area contributed by atoms with Gasteiger partial charge in [-0.25, -0.2) is 0 Å². The van der Waals surface area contributed by atoms with Crippen molar-refractivity contribution in [1.29, 1.82) is 0 Å². The molecular weight excluding hydrogens is 336 g/mol. The number of anilines is 1. The van der Waals surface area contributed by atoms with Crippen LogP contribution in [0.2, 0.25) is 0 Å². The zero-order valence-corrected chi connectivity index (χ0v) is 15.0. The van der Waals surface area contributed by atoms with Gasteiger partial charge in [-0.3, -0.25) is 9.59 Å². The lowest BCUT2D eigenvalue weighted by atomic mass is 10.1. The molecule has 0 saturated heterocycles. The number of methoxy groups -OCH3 is 2. The number of hydrogen-bond donors (Lipinski definition) is 2. The summed E-state index contributed by atoms with van der Waals surface area (Å²) in [6.45, 7) is -0.0838. The summed E-state index contributed by atoms with van der Waals surface area (Å²) in [5, 5.41) is 5.28. The van der Waals surface area contributed by atoms with Crippen LogP contribution < -0.4 is 24.8 Å². The predicted molar refractivity (Wildman–Crippen MR) is 97.9 cm³/mol.